The minimum Gasteiger partial charge on any atom is -0.340 e. The molecule has 2 unspecified atom stereocenters. The zero-order valence-corrected chi connectivity index (χ0v) is 12.1. The lowest BCUT2D eigenvalue weighted by atomic mass is 10.2. The maximum atomic E-state index is 13.3. The summed E-state index contributed by atoms with van der Waals surface area (Å²) in [5.74, 6) is 1.18. The molecule has 0 aromatic carbocycles. The third-order valence-corrected chi connectivity index (χ3v) is 2.83. The molecule has 0 saturated carbocycles. The van der Waals surface area contributed by atoms with Crippen LogP contribution in [0.25, 0.3) is 0 Å². The van der Waals surface area contributed by atoms with E-state index in [9.17, 15) is 4.39 Å². The Morgan fingerprint density at radius 2 is 2.22 bits per heavy atom. The number of rotatable bonds is 4. The molecule has 0 aliphatic carbocycles. The predicted molar refractivity (Wildman–Crippen MR) is 71.2 cm³/mol. The van der Waals surface area contributed by atoms with Crippen LogP contribution >= 0.6 is 24.8 Å². The molecule has 1 aromatic rings. The van der Waals surface area contributed by atoms with Gasteiger partial charge >= 0.3 is 0 Å². The van der Waals surface area contributed by atoms with Gasteiger partial charge in [-0.15, -0.1) is 24.8 Å². The van der Waals surface area contributed by atoms with Crippen molar-refractivity contribution < 1.29 is 8.91 Å². The van der Waals surface area contributed by atoms with Gasteiger partial charge in [0.2, 0.25) is 5.89 Å². The average molecular weight is 301 g/mol. The molecule has 8 heteroatoms. The van der Waals surface area contributed by atoms with E-state index in [1.165, 1.54) is 0 Å². The first-order valence-electron chi connectivity index (χ1n) is 5.51. The molecule has 106 valence electrons. The molecule has 1 saturated heterocycles. The summed E-state index contributed by atoms with van der Waals surface area (Å²) in [6.45, 7) is 3.56. The first-order valence-corrected chi connectivity index (χ1v) is 5.51. The van der Waals surface area contributed by atoms with E-state index >= 15 is 0 Å². The first kappa shape index (κ1) is 17.6. The van der Waals surface area contributed by atoms with Crippen LogP contribution in [0.3, 0.4) is 0 Å². The van der Waals surface area contributed by atoms with E-state index < -0.39 is 6.17 Å². The molecule has 0 amide bonds. The lowest BCUT2D eigenvalue weighted by Crippen LogP contribution is -2.36. The molecule has 1 aliphatic rings. The Morgan fingerprint density at radius 3 is 2.78 bits per heavy atom. The minimum absolute atomic E-state index is 0. The summed E-state index contributed by atoms with van der Waals surface area (Å²) in [4.78, 5) is 6.19. The van der Waals surface area contributed by atoms with Crippen molar-refractivity contribution in [1.82, 2.24) is 20.4 Å². The van der Waals surface area contributed by atoms with E-state index in [0.717, 1.165) is 6.54 Å². The van der Waals surface area contributed by atoms with E-state index in [0.29, 0.717) is 31.2 Å². The molecule has 1 fully saturated rings. The monoisotopic (exact) mass is 300 g/mol. The largest absolute Gasteiger partial charge is 0.340 e. The summed E-state index contributed by atoms with van der Waals surface area (Å²) in [5, 5.41) is 6.91. The number of hydrogen-bond donors (Lipinski definition) is 1. The van der Waals surface area contributed by atoms with Crippen LogP contribution in [0.2, 0.25) is 0 Å². The first-order chi connectivity index (χ1) is 7.69. The quantitative estimate of drug-likeness (QED) is 0.910. The van der Waals surface area contributed by atoms with E-state index in [1.807, 2.05) is 7.05 Å². The highest BCUT2D eigenvalue weighted by Gasteiger charge is 2.32. The summed E-state index contributed by atoms with van der Waals surface area (Å²) in [5.41, 5.74) is 0. The van der Waals surface area contributed by atoms with E-state index in [-0.39, 0.29) is 30.9 Å². The van der Waals surface area contributed by atoms with Gasteiger partial charge in [0.1, 0.15) is 6.17 Å². The Hall–Kier alpha value is -0.430. The lowest BCUT2D eigenvalue weighted by Gasteiger charge is -2.21. The fourth-order valence-electron chi connectivity index (χ4n) is 2.15. The Bertz CT molecular complexity index is 352. The molecule has 1 aliphatic heterocycles. The van der Waals surface area contributed by atoms with Gasteiger partial charge in [-0.2, -0.15) is 4.98 Å². The summed E-state index contributed by atoms with van der Waals surface area (Å²) in [6, 6.07) is 0.221. The smallest absolute Gasteiger partial charge is 0.223 e. The fourth-order valence-corrected chi connectivity index (χ4v) is 2.15. The zero-order valence-electron chi connectivity index (χ0n) is 10.4. The fraction of sp³-hybridized carbons (Fsp3) is 0.800. The number of halogens is 3. The van der Waals surface area contributed by atoms with Gasteiger partial charge in [-0.05, 0) is 13.5 Å². The number of aromatic nitrogens is 2. The molecular formula is C10H19Cl2FN4O. The van der Waals surface area contributed by atoms with Crippen LogP contribution in [0.4, 0.5) is 4.39 Å². The van der Waals surface area contributed by atoms with Gasteiger partial charge in [0, 0.05) is 26.1 Å². The molecular weight excluding hydrogens is 282 g/mol. The number of likely N-dealkylation sites (tertiary alicyclic amines) is 1. The molecule has 2 heterocycles. The van der Waals surface area contributed by atoms with E-state index in [2.05, 4.69) is 20.4 Å². The van der Waals surface area contributed by atoms with Gasteiger partial charge in [-0.3, -0.25) is 4.90 Å². The van der Waals surface area contributed by atoms with Crippen molar-refractivity contribution in [3.05, 3.63) is 11.7 Å². The van der Waals surface area contributed by atoms with Crippen molar-refractivity contribution in [2.24, 2.45) is 0 Å². The molecule has 2 atom stereocenters. The summed E-state index contributed by atoms with van der Waals surface area (Å²) < 4.78 is 18.2. The van der Waals surface area contributed by atoms with Crippen LogP contribution in [-0.4, -0.2) is 47.4 Å². The maximum Gasteiger partial charge on any atom is 0.223 e. The SMILES string of the molecule is CNCC1CC(F)CN1Cc1noc(C)n1.Cl.Cl. The Morgan fingerprint density at radius 1 is 1.50 bits per heavy atom. The van der Waals surface area contributed by atoms with Gasteiger partial charge in [-0.1, -0.05) is 5.16 Å². The summed E-state index contributed by atoms with van der Waals surface area (Å²) in [7, 11) is 1.88. The second-order valence-electron chi connectivity index (χ2n) is 4.20. The van der Waals surface area contributed by atoms with Gasteiger partial charge in [0.25, 0.3) is 0 Å². The van der Waals surface area contributed by atoms with Crippen molar-refractivity contribution in [1.29, 1.82) is 0 Å². The zero-order chi connectivity index (χ0) is 11.5. The van der Waals surface area contributed by atoms with Crippen molar-refractivity contribution in [3.8, 4) is 0 Å². The second kappa shape index (κ2) is 7.89. The number of alkyl halides is 1. The molecule has 0 radical (unpaired) electrons. The van der Waals surface area contributed by atoms with Crippen LogP contribution in [-0.2, 0) is 6.54 Å². The standard InChI is InChI=1S/C10H17FN4O.2ClH/c1-7-13-10(14-16-7)6-15-5-8(11)3-9(15)4-12-2;;/h8-9,12H,3-6H2,1-2H3;2*1H. The lowest BCUT2D eigenvalue weighted by molar-refractivity contribution is 0.224. The predicted octanol–water partition coefficient (Wildman–Crippen LogP) is 1.35. The van der Waals surface area contributed by atoms with Gasteiger partial charge < -0.3 is 9.84 Å². The highest BCUT2D eigenvalue weighted by Crippen LogP contribution is 2.21. The number of hydrogen-bond acceptors (Lipinski definition) is 5. The Labute approximate surface area is 118 Å². The van der Waals surface area contributed by atoms with E-state index in [4.69, 9.17) is 4.52 Å². The Kier molecular flexibility index (Phi) is 7.70. The second-order valence-corrected chi connectivity index (χ2v) is 4.20. The van der Waals surface area contributed by atoms with Crippen LogP contribution in [0, 0.1) is 6.92 Å². The van der Waals surface area contributed by atoms with Gasteiger partial charge in [0.05, 0.1) is 6.54 Å². The molecule has 18 heavy (non-hydrogen) atoms. The topological polar surface area (TPSA) is 54.2 Å². The number of nitrogens with one attached hydrogen (secondary N) is 1. The summed E-state index contributed by atoms with van der Waals surface area (Å²) in [6.07, 6.45) is -0.163. The number of aryl methyl sites for hydroxylation is 1. The van der Waals surface area contributed by atoms with Crippen molar-refractivity contribution in [2.45, 2.75) is 32.1 Å². The minimum atomic E-state index is -0.744. The van der Waals surface area contributed by atoms with Crippen LogP contribution in [0.15, 0.2) is 4.52 Å². The van der Waals surface area contributed by atoms with E-state index in [1.54, 1.807) is 6.92 Å². The van der Waals surface area contributed by atoms with Crippen molar-refractivity contribution in [3.63, 3.8) is 0 Å². The molecule has 1 aromatic heterocycles. The normalized spacial score (nSPS) is 23.5. The van der Waals surface area contributed by atoms with Crippen LogP contribution < -0.4 is 5.32 Å². The van der Waals surface area contributed by atoms with Crippen LogP contribution in [0.1, 0.15) is 18.1 Å². The van der Waals surface area contributed by atoms with Crippen molar-refractivity contribution >= 4 is 24.8 Å². The highest BCUT2D eigenvalue weighted by atomic mass is 35.5. The molecule has 5 nitrogen and oxygen atoms in total. The van der Waals surface area contributed by atoms with Crippen molar-refractivity contribution in [2.75, 3.05) is 20.1 Å². The average Bonchev–Trinajstić information content (AvgIpc) is 2.76. The molecule has 2 rings (SSSR count). The maximum absolute atomic E-state index is 13.3. The van der Waals surface area contributed by atoms with Gasteiger partial charge in [0.15, 0.2) is 5.82 Å². The molecule has 0 bridgehead atoms. The third kappa shape index (κ3) is 4.35. The number of nitrogens with zero attached hydrogens (tertiary/aromatic N) is 3. The van der Waals surface area contributed by atoms with Crippen LogP contribution in [0.5, 0.6) is 0 Å². The third-order valence-electron chi connectivity index (χ3n) is 2.83. The molecule has 1 N–H and O–H groups in total. The Balaban J connectivity index is 0.00000144. The molecule has 0 spiro atoms. The summed E-state index contributed by atoms with van der Waals surface area (Å²) >= 11 is 0. The van der Waals surface area contributed by atoms with Gasteiger partial charge in [-0.25, -0.2) is 4.39 Å². The number of likely N-dealkylation sites (N-methyl/N-ethyl adjacent to an activating group) is 1. The highest BCUT2D eigenvalue weighted by molar-refractivity contribution is 5.85.